The predicted octanol–water partition coefficient (Wildman–Crippen LogP) is 2.17. The molecule has 0 saturated heterocycles. The first-order chi connectivity index (χ1) is 10.4. The minimum atomic E-state index is -3.23. The highest BCUT2D eigenvalue weighted by Crippen LogP contribution is 2.33. The van der Waals surface area contributed by atoms with Crippen LogP contribution in [-0.4, -0.2) is 33.9 Å². The van der Waals surface area contributed by atoms with E-state index in [0.29, 0.717) is 12.2 Å². The number of hydrogen-bond donors (Lipinski definition) is 0. The Hall–Kier alpha value is -1.82. The van der Waals surface area contributed by atoms with E-state index in [4.69, 9.17) is 9.47 Å². The number of sulfone groups is 1. The zero-order chi connectivity index (χ0) is 15.7. The van der Waals surface area contributed by atoms with Gasteiger partial charge in [0, 0.05) is 11.8 Å². The molecule has 0 N–H and O–H groups in total. The van der Waals surface area contributed by atoms with Crippen LogP contribution in [0.5, 0.6) is 0 Å². The SMILES string of the molecule is CS(=O)(=O)c1ccc(C2=C(OCCC3CC3)C(=O)OC2)cc1. The number of cyclic esters (lactones) is 1. The average Bonchev–Trinajstić information content (AvgIpc) is 3.22. The number of rotatable bonds is 6. The van der Waals surface area contributed by atoms with E-state index in [9.17, 15) is 13.2 Å². The topological polar surface area (TPSA) is 69.7 Å². The summed E-state index contributed by atoms with van der Waals surface area (Å²) in [6.07, 6.45) is 4.60. The van der Waals surface area contributed by atoms with Gasteiger partial charge in [-0.2, -0.15) is 0 Å². The van der Waals surface area contributed by atoms with Gasteiger partial charge in [0.2, 0.25) is 5.76 Å². The second-order valence-corrected chi connectivity index (χ2v) is 7.78. The molecule has 1 aromatic rings. The van der Waals surface area contributed by atoms with Crippen molar-refractivity contribution in [3.8, 4) is 0 Å². The number of carbonyl (C=O) groups excluding carboxylic acids is 1. The minimum absolute atomic E-state index is 0.163. The Balaban J connectivity index is 1.80. The van der Waals surface area contributed by atoms with Crippen LogP contribution < -0.4 is 0 Å². The quantitative estimate of drug-likeness (QED) is 0.751. The lowest BCUT2D eigenvalue weighted by Crippen LogP contribution is -2.05. The van der Waals surface area contributed by atoms with E-state index in [2.05, 4.69) is 0 Å². The van der Waals surface area contributed by atoms with Gasteiger partial charge in [-0.25, -0.2) is 13.2 Å². The van der Waals surface area contributed by atoms with Crippen LogP contribution in [0, 0.1) is 5.92 Å². The van der Waals surface area contributed by atoms with E-state index in [1.54, 1.807) is 12.1 Å². The maximum atomic E-state index is 11.8. The maximum absolute atomic E-state index is 11.8. The fraction of sp³-hybridized carbons (Fsp3) is 0.438. The Labute approximate surface area is 129 Å². The molecule has 1 aliphatic heterocycles. The van der Waals surface area contributed by atoms with E-state index >= 15 is 0 Å². The molecule has 2 aliphatic rings. The fourth-order valence-electron chi connectivity index (χ4n) is 2.39. The third-order valence-corrected chi connectivity index (χ3v) is 5.04. The Kier molecular flexibility index (Phi) is 3.95. The second-order valence-electron chi connectivity index (χ2n) is 5.76. The van der Waals surface area contributed by atoms with Gasteiger partial charge in [-0.05, 0) is 30.0 Å². The van der Waals surface area contributed by atoms with Gasteiger partial charge < -0.3 is 9.47 Å². The van der Waals surface area contributed by atoms with Crippen molar-refractivity contribution in [3.63, 3.8) is 0 Å². The zero-order valence-electron chi connectivity index (χ0n) is 12.4. The highest BCUT2D eigenvalue weighted by molar-refractivity contribution is 7.90. The lowest BCUT2D eigenvalue weighted by molar-refractivity contribution is -0.139. The molecular weight excluding hydrogens is 304 g/mol. The van der Waals surface area contributed by atoms with Gasteiger partial charge in [0.25, 0.3) is 0 Å². The number of esters is 1. The highest BCUT2D eigenvalue weighted by atomic mass is 32.2. The lowest BCUT2D eigenvalue weighted by atomic mass is 10.1. The molecule has 5 nitrogen and oxygen atoms in total. The standard InChI is InChI=1S/C16H18O5S/c1-22(18,19)13-6-4-12(5-7-13)14-10-21-16(17)15(14)20-9-8-11-2-3-11/h4-7,11H,2-3,8-10H2,1H3. The summed E-state index contributed by atoms with van der Waals surface area (Å²) in [5.74, 6) is 0.543. The van der Waals surface area contributed by atoms with E-state index in [-0.39, 0.29) is 17.3 Å². The van der Waals surface area contributed by atoms with Gasteiger partial charge in [0.1, 0.15) is 6.61 Å². The summed E-state index contributed by atoms with van der Waals surface area (Å²) in [7, 11) is -3.23. The van der Waals surface area contributed by atoms with E-state index in [0.717, 1.165) is 24.2 Å². The average molecular weight is 322 g/mol. The first-order valence-corrected chi connectivity index (χ1v) is 9.18. The Morgan fingerprint density at radius 1 is 1.23 bits per heavy atom. The molecule has 0 aromatic heterocycles. The van der Waals surface area contributed by atoms with Crippen LogP contribution >= 0.6 is 0 Å². The number of ether oxygens (including phenoxy) is 2. The molecule has 3 rings (SSSR count). The van der Waals surface area contributed by atoms with Gasteiger partial charge in [0.05, 0.1) is 11.5 Å². The van der Waals surface area contributed by atoms with Crippen molar-refractivity contribution in [1.29, 1.82) is 0 Å². The van der Waals surface area contributed by atoms with E-state index < -0.39 is 15.8 Å². The number of hydrogen-bond acceptors (Lipinski definition) is 5. The van der Waals surface area contributed by atoms with Crippen molar-refractivity contribution in [3.05, 3.63) is 35.6 Å². The third-order valence-electron chi connectivity index (χ3n) is 3.91. The molecule has 1 aromatic carbocycles. The van der Waals surface area contributed by atoms with Crippen LogP contribution in [0.25, 0.3) is 5.57 Å². The van der Waals surface area contributed by atoms with Crippen molar-refractivity contribution in [2.45, 2.75) is 24.2 Å². The normalized spacial score (nSPS) is 18.5. The summed E-state index contributed by atoms with van der Waals surface area (Å²) in [6.45, 7) is 0.676. The molecule has 1 aliphatic carbocycles. The second kappa shape index (κ2) is 5.76. The van der Waals surface area contributed by atoms with E-state index in [1.807, 2.05) is 0 Å². The molecule has 0 spiro atoms. The van der Waals surface area contributed by atoms with Crippen molar-refractivity contribution in [2.75, 3.05) is 19.5 Å². The summed E-state index contributed by atoms with van der Waals surface area (Å²) in [4.78, 5) is 12.0. The van der Waals surface area contributed by atoms with Crippen LogP contribution in [0.2, 0.25) is 0 Å². The fourth-order valence-corrected chi connectivity index (χ4v) is 3.02. The van der Waals surface area contributed by atoms with Crippen molar-refractivity contribution >= 4 is 21.4 Å². The monoisotopic (exact) mass is 322 g/mol. The molecule has 22 heavy (non-hydrogen) atoms. The molecule has 0 radical (unpaired) electrons. The first kappa shape index (κ1) is 15.1. The van der Waals surface area contributed by atoms with Gasteiger partial charge in [-0.1, -0.05) is 25.0 Å². The summed E-state index contributed by atoms with van der Waals surface area (Å²) >= 11 is 0. The highest BCUT2D eigenvalue weighted by Gasteiger charge is 2.29. The number of carbonyl (C=O) groups is 1. The Morgan fingerprint density at radius 3 is 2.50 bits per heavy atom. The van der Waals surface area contributed by atoms with Crippen LogP contribution in [0.1, 0.15) is 24.8 Å². The van der Waals surface area contributed by atoms with Gasteiger partial charge >= 0.3 is 5.97 Å². The predicted molar refractivity (Wildman–Crippen MR) is 80.7 cm³/mol. The number of benzene rings is 1. The molecule has 1 heterocycles. The van der Waals surface area contributed by atoms with Crippen molar-refractivity contribution < 1.29 is 22.7 Å². The van der Waals surface area contributed by atoms with Crippen LogP contribution in [0.15, 0.2) is 34.9 Å². The lowest BCUT2D eigenvalue weighted by Gasteiger charge is -2.07. The smallest absolute Gasteiger partial charge is 0.374 e. The molecule has 0 unspecified atom stereocenters. The van der Waals surface area contributed by atoms with Gasteiger partial charge in [-0.15, -0.1) is 0 Å². The molecule has 6 heteroatoms. The minimum Gasteiger partial charge on any atom is -0.486 e. The molecule has 0 bridgehead atoms. The zero-order valence-corrected chi connectivity index (χ0v) is 13.2. The van der Waals surface area contributed by atoms with Crippen LogP contribution in [0.3, 0.4) is 0 Å². The summed E-state index contributed by atoms with van der Waals surface area (Å²) < 4.78 is 33.6. The first-order valence-electron chi connectivity index (χ1n) is 7.29. The van der Waals surface area contributed by atoms with Gasteiger partial charge in [0.15, 0.2) is 9.84 Å². The van der Waals surface area contributed by atoms with Crippen molar-refractivity contribution in [2.24, 2.45) is 5.92 Å². The summed E-state index contributed by atoms with van der Waals surface area (Å²) in [5, 5.41) is 0. The molecule has 0 atom stereocenters. The molecule has 1 fully saturated rings. The molecule has 0 amide bonds. The van der Waals surface area contributed by atoms with Crippen molar-refractivity contribution in [1.82, 2.24) is 0 Å². The van der Waals surface area contributed by atoms with Crippen LogP contribution in [-0.2, 0) is 24.1 Å². The summed E-state index contributed by atoms with van der Waals surface area (Å²) in [6, 6.07) is 6.42. The summed E-state index contributed by atoms with van der Waals surface area (Å²) in [5.41, 5.74) is 1.43. The van der Waals surface area contributed by atoms with Crippen LogP contribution in [0.4, 0.5) is 0 Å². The Bertz CT molecular complexity index is 711. The molecular formula is C16H18O5S. The van der Waals surface area contributed by atoms with Gasteiger partial charge in [-0.3, -0.25) is 0 Å². The third kappa shape index (κ3) is 3.32. The largest absolute Gasteiger partial charge is 0.486 e. The maximum Gasteiger partial charge on any atom is 0.374 e. The molecule has 1 saturated carbocycles. The Morgan fingerprint density at radius 2 is 1.91 bits per heavy atom. The van der Waals surface area contributed by atoms with E-state index in [1.165, 1.54) is 25.0 Å². The molecule has 118 valence electrons.